The molecule has 0 spiro atoms. The predicted molar refractivity (Wildman–Crippen MR) is 58.8 cm³/mol. The van der Waals surface area contributed by atoms with Crippen molar-refractivity contribution in [3.8, 4) is 11.1 Å². The third-order valence-corrected chi connectivity index (χ3v) is 2.53. The summed E-state index contributed by atoms with van der Waals surface area (Å²) in [7, 11) is 1.77. The Hall–Kier alpha value is -1.90. The SMILES string of the molecule is Cc1ccccc1-c1cnn(C)c1C=O. The molecule has 1 aromatic carbocycles. The van der Waals surface area contributed by atoms with E-state index in [2.05, 4.69) is 5.10 Å². The number of aromatic nitrogens is 2. The number of carbonyl (C=O) groups excluding carboxylic acids is 1. The zero-order valence-corrected chi connectivity index (χ0v) is 8.77. The number of hydrogen-bond acceptors (Lipinski definition) is 2. The molecule has 0 aliphatic heterocycles. The quantitative estimate of drug-likeness (QED) is 0.696. The van der Waals surface area contributed by atoms with Crippen LogP contribution in [0.25, 0.3) is 11.1 Å². The molecular formula is C12H12N2O. The molecule has 2 aromatic rings. The maximum atomic E-state index is 10.9. The summed E-state index contributed by atoms with van der Waals surface area (Å²) in [6, 6.07) is 7.97. The molecule has 76 valence electrons. The van der Waals surface area contributed by atoms with Gasteiger partial charge in [-0.1, -0.05) is 24.3 Å². The van der Waals surface area contributed by atoms with Crippen molar-refractivity contribution in [3.05, 3.63) is 41.7 Å². The van der Waals surface area contributed by atoms with Gasteiger partial charge in [0.1, 0.15) is 5.69 Å². The summed E-state index contributed by atoms with van der Waals surface area (Å²) in [4.78, 5) is 10.9. The molecule has 0 N–H and O–H groups in total. The van der Waals surface area contributed by atoms with E-state index in [4.69, 9.17) is 0 Å². The lowest BCUT2D eigenvalue weighted by Crippen LogP contribution is -1.97. The minimum atomic E-state index is 0.615. The van der Waals surface area contributed by atoms with Crippen LogP contribution >= 0.6 is 0 Å². The van der Waals surface area contributed by atoms with Gasteiger partial charge in [-0.15, -0.1) is 0 Å². The molecule has 0 aliphatic carbocycles. The molecule has 3 heteroatoms. The largest absolute Gasteiger partial charge is 0.296 e. The molecule has 1 aromatic heterocycles. The predicted octanol–water partition coefficient (Wildman–Crippen LogP) is 2.21. The van der Waals surface area contributed by atoms with E-state index in [1.807, 2.05) is 31.2 Å². The van der Waals surface area contributed by atoms with Gasteiger partial charge in [-0.3, -0.25) is 9.48 Å². The Labute approximate surface area is 88.4 Å². The summed E-state index contributed by atoms with van der Waals surface area (Å²) >= 11 is 0. The summed E-state index contributed by atoms with van der Waals surface area (Å²) in [5.74, 6) is 0. The van der Waals surface area contributed by atoms with Gasteiger partial charge >= 0.3 is 0 Å². The summed E-state index contributed by atoms with van der Waals surface area (Å²) in [5, 5.41) is 4.09. The second kappa shape index (κ2) is 3.69. The molecule has 0 amide bonds. The van der Waals surface area contributed by atoms with Crippen LogP contribution in [0.15, 0.2) is 30.5 Å². The van der Waals surface area contributed by atoms with Crippen molar-refractivity contribution in [2.24, 2.45) is 7.05 Å². The highest BCUT2D eigenvalue weighted by atomic mass is 16.1. The minimum Gasteiger partial charge on any atom is -0.296 e. The van der Waals surface area contributed by atoms with Gasteiger partial charge in [0.25, 0.3) is 0 Å². The number of aryl methyl sites for hydroxylation is 2. The number of hydrogen-bond donors (Lipinski definition) is 0. The Kier molecular flexibility index (Phi) is 2.37. The van der Waals surface area contributed by atoms with Crippen molar-refractivity contribution in [1.82, 2.24) is 9.78 Å². The number of nitrogens with zero attached hydrogens (tertiary/aromatic N) is 2. The van der Waals surface area contributed by atoms with Gasteiger partial charge < -0.3 is 0 Å². The van der Waals surface area contributed by atoms with E-state index >= 15 is 0 Å². The Bertz CT molecular complexity index is 500. The Balaban J connectivity index is 2.64. The highest BCUT2D eigenvalue weighted by Gasteiger charge is 2.10. The Morgan fingerprint density at radius 1 is 1.27 bits per heavy atom. The minimum absolute atomic E-state index is 0.615. The lowest BCUT2D eigenvalue weighted by molar-refractivity contribution is 0.111. The second-order valence-corrected chi connectivity index (χ2v) is 3.50. The van der Waals surface area contributed by atoms with Crippen LogP contribution < -0.4 is 0 Å². The van der Waals surface area contributed by atoms with Crippen LogP contribution in [0, 0.1) is 6.92 Å². The highest BCUT2D eigenvalue weighted by Crippen LogP contribution is 2.25. The topological polar surface area (TPSA) is 34.9 Å². The van der Waals surface area contributed by atoms with Crippen molar-refractivity contribution < 1.29 is 4.79 Å². The van der Waals surface area contributed by atoms with E-state index < -0.39 is 0 Å². The number of aldehydes is 1. The Morgan fingerprint density at radius 3 is 2.67 bits per heavy atom. The summed E-state index contributed by atoms with van der Waals surface area (Å²) in [5.41, 5.74) is 3.72. The van der Waals surface area contributed by atoms with Gasteiger partial charge in [-0.25, -0.2) is 0 Å². The molecule has 2 rings (SSSR count). The molecule has 0 atom stereocenters. The lowest BCUT2D eigenvalue weighted by atomic mass is 10.0. The van der Waals surface area contributed by atoms with Gasteiger partial charge in [-0.2, -0.15) is 5.10 Å². The first-order valence-electron chi connectivity index (χ1n) is 4.77. The van der Waals surface area contributed by atoms with E-state index in [1.54, 1.807) is 17.9 Å². The average molecular weight is 200 g/mol. The van der Waals surface area contributed by atoms with E-state index in [0.717, 1.165) is 23.0 Å². The van der Waals surface area contributed by atoms with Crippen LogP contribution in [0.5, 0.6) is 0 Å². The van der Waals surface area contributed by atoms with Gasteiger partial charge in [0, 0.05) is 12.6 Å². The zero-order valence-electron chi connectivity index (χ0n) is 8.77. The lowest BCUT2D eigenvalue weighted by Gasteiger charge is -2.03. The van der Waals surface area contributed by atoms with Gasteiger partial charge in [-0.05, 0) is 18.1 Å². The van der Waals surface area contributed by atoms with Crippen molar-refractivity contribution in [3.63, 3.8) is 0 Å². The van der Waals surface area contributed by atoms with Crippen LogP contribution in [0.4, 0.5) is 0 Å². The summed E-state index contributed by atoms with van der Waals surface area (Å²) in [6.45, 7) is 2.02. The monoisotopic (exact) mass is 200 g/mol. The van der Waals surface area contributed by atoms with Gasteiger partial charge in [0.05, 0.1) is 6.20 Å². The second-order valence-electron chi connectivity index (χ2n) is 3.50. The fourth-order valence-electron chi connectivity index (χ4n) is 1.67. The van der Waals surface area contributed by atoms with Crippen LogP contribution in [0.2, 0.25) is 0 Å². The summed E-state index contributed by atoms with van der Waals surface area (Å²) in [6.07, 6.45) is 2.57. The molecule has 0 saturated carbocycles. The molecule has 1 heterocycles. The first-order chi connectivity index (χ1) is 7.24. The molecule has 0 fully saturated rings. The molecule has 0 saturated heterocycles. The molecule has 0 aliphatic rings. The van der Waals surface area contributed by atoms with Crippen molar-refractivity contribution in [2.75, 3.05) is 0 Å². The number of rotatable bonds is 2. The first-order valence-corrected chi connectivity index (χ1v) is 4.77. The molecule has 0 radical (unpaired) electrons. The number of carbonyl (C=O) groups is 1. The normalized spacial score (nSPS) is 10.3. The van der Waals surface area contributed by atoms with Crippen molar-refractivity contribution in [1.29, 1.82) is 0 Å². The summed E-state index contributed by atoms with van der Waals surface area (Å²) < 4.78 is 1.59. The van der Waals surface area contributed by atoms with Crippen molar-refractivity contribution >= 4 is 6.29 Å². The zero-order chi connectivity index (χ0) is 10.8. The third kappa shape index (κ3) is 1.56. The first kappa shape index (κ1) is 9.65. The van der Waals surface area contributed by atoms with Crippen molar-refractivity contribution in [2.45, 2.75) is 6.92 Å². The van der Waals surface area contributed by atoms with E-state index in [9.17, 15) is 4.79 Å². The van der Waals surface area contributed by atoms with E-state index in [0.29, 0.717) is 5.69 Å². The smallest absolute Gasteiger partial charge is 0.168 e. The molecule has 3 nitrogen and oxygen atoms in total. The van der Waals surface area contributed by atoms with E-state index in [1.165, 1.54) is 0 Å². The average Bonchev–Trinajstić information content (AvgIpc) is 2.60. The molecule has 15 heavy (non-hydrogen) atoms. The van der Waals surface area contributed by atoms with Crippen LogP contribution in [0.3, 0.4) is 0 Å². The van der Waals surface area contributed by atoms with Crippen LogP contribution in [-0.4, -0.2) is 16.1 Å². The fourth-order valence-corrected chi connectivity index (χ4v) is 1.67. The van der Waals surface area contributed by atoms with Gasteiger partial charge in [0.15, 0.2) is 6.29 Å². The van der Waals surface area contributed by atoms with Crippen LogP contribution in [-0.2, 0) is 7.05 Å². The van der Waals surface area contributed by atoms with E-state index in [-0.39, 0.29) is 0 Å². The maximum absolute atomic E-state index is 10.9. The van der Waals surface area contributed by atoms with Gasteiger partial charge in [0.2, 0.25) is 0 Å². The fraction of sp³-hybridized carbons (Fsp3) is 0.167. The standard InChI is InChI=1S/C12H12N2O/c1-9-5-3-4-6-10(9)11-7-13-14(2)12(11)8-15/h3-8H,1-2H3. The van der Waals surface area contributed by atoms with Crippen LogP contribution in [0.1, 0.15) is 16.1 Å². The third-order valence-electron chi connectivity index (χ3n) is 2.53. The number of benzene rings is 1. The maximum Gasteiger partial charge on any atom is 0.168 e. The molecular weight excluding hydrogens is 188 g/mol. The Morgan fingerprint density at radius 2 is 2.00 bits per heavy atom. The molecule has 0 unspecified atom stereocenters. The highest BCUT2D eigenvalue weighted by molar-refractivity contribution is 5.86. The molecule has 0 bridgehead atoms.